The molecule has 0 aliphatic heterocycles. The van der Waals surface area contributed by atoms with Gasteiger partial charge in [-0.05, 0) is 60.0 Å². The molecular formula is C23H18N2O2S. The van der Waals surface area contributed by atoms with Crippen molar-refractivity contribution in [3.8, 4) is 5.75 Å². The lowest BCUT2D eigenvalue weighted by Gasteiger charge is -2.08. The number of aryl methyl sites for hydroxylation is 2. The first-order valence-electron chi connectivity index (χ1n) is 9.06. The van der Waals surface area contributed by atoms with Gasteiger partial charge in [0.05, 0.1) is 22.7 Å². The van der Waals surface area contributed by atoms with Crippen molar-refractivity contribution in [2.45, 2.75) is 13.8 Å². The summed E-state index contributed by atoms with van der Waals surface area (Å²) in [5.41, 5.74) is 4.93. The van der Waals surface area contributed by atoms with Gasteiger partial charge in [0.1, 0.15) is 5.75 Å². The van der Waals surface area contributed by atoms with Gasteiger partial charge in [-0.2, -0.15) is 0 Å². The van der Waals surface area contributed by atoms with E-state index in [1.807, 2.05) is 42.5 Å². The zero-order valence-electron chi connectivity index (χ0n) is 15.8. The summed E-state index contributed by atoms with van der Waals surface area (Å²) >= 11 is 1.41. The molecule has 0 bridgehead atoms. The summed E-state index contributed by atoms with van der Waals surface area (Å²) < 4.78 is 7.94. The lowest BCUT2D eigenvalue weighted by Crippen LogP contribution is -2.22. The molecule has 5 rings (SSSR count). The van der Waals surface area contributed by atoms with Gasteiger partial charge in [-0.15, -0.1) is 0 Å². The predicted octanol–water partition coefficient (Wildman–Crippen LogP) is 4.24. The molecule has 0 N–H and O–H groups in total. The number of ether oxygens (including phenoxy) is 1. The molecule has 0 radical (unpaired) electrons. The number of rotatable bonds is 2. The van der Waals surface area contributed by atoms with E-state index in [1.165, 1.54) is 16.9 Å². The van der Waals surface area contributed by atoms with Crippen LogP contribution in [0.5, 0.6) is 5.75 Å². The van der Waals surface area contributed by atoms with Gasteiger partial charge in [0, 0.05) is 5.56 Å². The first-order chi connectivity index (χ1) is 13.6. The third-order valence-corrected chi connectivity index (χ3v) is 6.25. The Morgan fingerprint density at radius 3 is 2.68 bits per heavy atom. The average molecular weight is 386 g/mol. The van der Waals surface area contributed by atoms with Crippen LogP contribution in [0.4, 0.5) is 0 Å². The highest BCUT2D eigenvalue weighted by atomic mass is 32.1. The van der Waals surface area contributed by atoms with Crippen molar-refractivity contribution >= 4 is 44.2 Å². The molecule has 0 amide bonds. The van der Waals surface area contributed by atoms with Crippen molar-refractivity contribution in [2.24, 2.45) is 0 Å². The third kappa shape index (κ3) is 2.43. The van der Waals surface area contributed by atoms with Gasteiger partial charge in [0.15, 0.2) is 4.96 Å². The number of aromatic nitrogens is 2. The Bertz CT molecular complexity index is 1490. The van der Waals surface area contributed by atoms with Crippen molar-refractivity contribution in [2.75, 3.05) is 7.11 Å². The fourth-order valence-corrected chi connectivity index (χ4v) is 4.62. The molecule has 5 heteroatoms. The zero-order valence-corrected chi connectivity index (χ0v) is 16.6. The van der Waals surface area contributed by atoms with Crippen LogP contribution in [-0.2, 0) is 0 Å². The molecule has 0 atom stereocenters. The topological polar surface area (TPSA) is 43.6 Å². The number of thiazole rings is 1. The first-order valence-corrected chi connectivity index (χ1v) is 9.88. The molecule has 5 aromatic rings. The summed E-state index contributed by atoms with van der Waals surface area (Å²) in [6.07, 6.45) is 1.93. The van der Waals surface area contributed by atoms with E-state index in [2.05, 4.69) is 31.0 Å². The average Bonchev–Trinajstić information content (AvgIpc) is 3.18. The number of methoxy groups -OCH3 is 1. The molecule has 0 aliphatic carbocycles. The highest BCUT2D eigenvalue weighted by molar-refractivity contribution is 7.15. The Labute approximate surface area is 165 Å². The third-order valence-electron chi connectivity index (χ3n) is 5.28. The van der Waals surface area contributed by atoms with Crippen LogP contribution in [0.3, 0.4) is 0 Å². The van der Waals surface area contributed by atoms with Crippen LogP contribution in [0.1, 0.15) is 16.7 Å². The van der Waals surface area contributed by atoms with Gasteiger partial charge in [-0.3, -0.25) is 4.79 Å². The predicted molar refractivity (Wildman–Crippen MR) is 116 cm³/mol. The number of imidazole rings is 1. The Morgan fingerprint density at radius 2 is 1.86 bits per heavy atom. The van der Waals surface area contributed by atoms with E-state index in [9.17, 15) is 4.79 Å². The first kappa shape index (κ1) is 17.0. The van der Waals surface area contributed by atoms with Gasteiger partial charge in [0.2, 0.25) is 0 Å². The lowest BCUT2D eigenvalue weighted by molar-refractivity contribution is 0.414. The second-order valence-corrected chi connectivity index (χ2v) is 7.98. The minimum absolute atomic E-state index is 0.0410. The van der Waals surface area contributed by atoms with Crippen LogP contribution in [0.25, 0.3) is 32.8 Å². The van der Waals surface area contributed by atoms with Crippen molar-refractivity contribution < 1.29 is 4.74 Å². The summed E-state index contributed by atoms with van der Waals surface area (Å²) in [5, 5.41) is 2.17. The molecule has 0 saturated heterocycles. The molecule has 2 heterocycles. The molecule has 3 aromatic carbocycles. The van der Waals surface area contributed by atoms with E-state index in [0.29, 0.717) is 4.53 Å². The van der Waals surface area contributed by atoms with Crippen molar-refractivity contribution in [3.63, 3.8) is 0 Å². The highest BCUT2D eigenvalue weighted by Crippen LogP contribution is 2.29. The van der Waals surface area contributed by atoms with Crippen molar-refractivity contribution in [1.29, 1.82) is 0 Å². The summed E-state index contributed by atoms with van der Waals surface area (Å²) in [4.78, 5) is 18.6. The Kier molecular flexibility index (Phi) is 3.74. The van der Waals surface area contributed by atoms with E-state index in [1.54, 1.807) is 11.5 Å². The van der Waals surface area contributed by atoms with E-state index in [-0.39, 0.29) is 5.56 Å². The fraction of sp³-hybridized carbons (Fsp3) is 0.130. The molecule has 4 nitrogen and oxygen atoms in total. The largest absolute Gasteiger partial charge is 0.496 e. The molecular weight excluding hydrogens is 368 g/mol. The second-order valence-electron chi connectivity index (χ2n) is 6.97. The summed E-state index contributed by atoms with van der Waals surface area (Å²) in [6, 6.07) is 16.2. The van der Waals surface area contributed by atoms with E-state index < -0.39 is 0 Å². The molecule has 0 fully saturated rings. The SMILES string of the molecule is COc1ccc2ccccc2c1/C=c1/sc2nc3cc(C)c(C)cc3n2c1=O. The molecule has 0 unspecified atom stereocenters. The van der Waals surface area contributed by atoms with Crippen LogP contribution in [0, 0.1) is 13.8 Å². The maximum Gasteiger partial charge on any atom is 0.274 e. The number of hydrogen-bond acceptors (Lipinski definition) is 4. The monoisotopic (exact) mass is 386 g/mol. The van der Waals surface area contributed by atoms with E-state index >= 15 is 0 Å². The summed E-state index contributed by atoms with van der Waals surface area (Å²) in [5.74, 6) is 0.750. The molecule has 138 valence electrons. The fourth-order valence-electron chi connectivity index (χ4n) is 3.65. The zero-order chi connectivity index (χ0) is 19.4. The Balaban J connectivity index is 1.84. The van der Waals surface area contributed by atoms with Crippen LogP contribution < -0.4 is 14.8 Å². The van der Waals surface area contributed by atoms with Gasteiger partial charge >= 0.3 is 0 Å². The number of hydrogen-bond donors (Lipinski definition) is 0. The van der Waals surface area contributed by atoms with Crippen LogP contribution in [-0.4, -0.2) is 16.5 Å². The Hall–Kier alpha value is -3.18. The Morgan fingerprint density at radius 1 is 1.07 bits per heavy atom. The number of fused-ring (bicyclic) bond motifs is 4. The van der Waals surface area contributed by atoms with Crippen LogP contribution >= 0.6 is 11.3 Å². The molecule has 0 spiro atoms. The maximum atomic E-state index is 13.2. The van der Waals surface area contributed by atoms with Gasteiger partial charge in [-0.1, -0.05) is 41.7 Å². The smallest absolute Gasteiger partial charge is 0.274 e. The molecule has 2 aromatic heterocycles. The van der Waals surface area contributed by atoms with Crippen LogP contribution in [0.15, 0.2) is 53.3 Å². The van der Waals surface area contributed by atoms with Gasteiger partial charge in [-0.25, -0.2) is 9.38 Å². The maximum absolute atomic E-state index is 13.2. The lowest BCUT2D eigenvalue weighted by atomic mass is 10.0. The van der Waals surface area contributed by atoms with E-state index in [0.717, 1.165) is 43.6 Å². The van der Waals surface area contributed by atoms with Gasteiger partial charge < -0.3 is 4.74 Å². The van der Waals surface area contributed by atoms with Crippen LogP contribution in [0.2, 0.25) is 0 Å². The van der Waals surface area contributed by atoms with Crippen molar-refractivity contribution in [3.05, 3.63) is 80.1 Å². The number of benzene rings is 3. The standard InChI is InChI=1S/C23H18N2O2S/c1-13-10-18-19(11-14(13)2)25-22(26)21(28-23(25)24-18)12-17-16-7-5-4-6-15(16)8-9-20(17)27-3/h4-12H,1-3H3/b21-12+. The normalized spacial score (nSPS) is 12.5. The molecule has 0 saturated carbocycles. The second kappa shape index (κ2) is 6.17. The minimum Gasteiger partial charge on any atom is -0.496 e. The quantitative estimate of drug-likeness (QED) is 0.456. The van der Waals surface area contributed by atoms with E-state index in [4.69, 9.17) is 4.74 Å². The molecule has 0 aliphatic rings. The van der Waals surface area contributed by atoms with Gasteiger partial charge in [0.25, 0.3) is 5.56 Å². The minimum atomic E-state index is -0.0410. The highest BCUT2D eigenvalue weighted by Gasteiger charge is 2.13. The summed E-state index contributed by atoms with van der Waals surface area (Å²) in [7, 11) is 1.65. The van der Waals surface area contributed by atoms with Crippen molar-refractivity contribution in [1.82, 2.24) is 9.38 Å². The summed E-state index contributed by atoms with van der Waals surface area (Å²) in [6.45, 7) is 4.12. The molecule has 28 heavy (non-hydrogen) atoms. The number of nitrogens with zero attached hydrogens (tertiary/aromatic N) is 2.